The highest BCUT2D eigenvalue weighted by Crippen LogP contribution is 2.32. The lowest BCUT2D eigenvalue weighted by Gasteiger charge is -2.30. The second-order valence-electron chi connectivity index (χ2n) is 5.13. The molecule has 20 heavy (non-hydrogen) atoms. The van der Waals surface area contributed by atoms with Crippen molar-refractivity contribution in [2.24, 2.45) is 0 Å². The molecule has 1 heterocycles. The molecule has 0 aromatic heterocycles. The zero-order chi connectivity index (χ0) is 14.2. The Morgan fingerprint density at radius 3 is 2.55 bits per heavy atom. The van der Waals surface area contributed by atoms with Crippen molar-refractivity contribution in [3.05, 3.63) is 59.7 Å². The number of rotatable bonds is 2. The molecule has 4 heteroatoms. The summed E-state index contributed by atoms with van der Waals surface area (Å²) < 4.78 is 27.1. The first-order valence-electron chi connectivity index (χ1n) is 6.76. The molecule has 0 bridgehead atoms. The van der Waals surface area contributed by atoms with Gasteiger partial charge in [-0.15, -0.1) is 0 Å². The fraction of sp³-hybridized carbons (Fsp3) is 0.250. The van der Waals surface area contributed by atoms with E-state index in [9.17, 15) is 8.42 Å². The molecule has 104 valence electrons. The predicted molar refractivity (Wildman–Crippen MR) is 80.5 cm³/mol. The standard InChI is InChI=1S/C16H17NO2S/c1-13-9-10-16-14(12-13)6-5-11-17(16)20(18,19)15-7-3-2-4-8-15/h2-4,7-10,12H,5-6,11H2,1H3. The Morgan fingerprint density at radius 2 is 1.80 bits per heavy atom. The highest BCUT2D eigenvalue weighted by Gasteiger charge is 2.28. The third-order valence-corrected chi connectivity index (χ3v) is 5.47. The number of aryl methyl sites for hydroxylation is 2. The molecule has 3 rings (SSSR count). The second-order valence-corrected chi connectivity index (χ2v) is 6.99. The van der Waals surface area contributed by atoms with Crippen molar-refractivity contribution < 1.29 is 8.42 Å². The molecule has 0 aliphatic carbocycles. The van der Waals surface area contributed by atoms with Gasteiger partial charge in [0.05, 0.1) is 10.6 Å². The largest absolute Gasteiger partial charge is 0.266 e. The minimum absolute atomic E-state index is 0.355. The Labute approximate surface area is 119 Å². The second kappa shape index (κ2) is 4.94. The van der Waals surface area contributed by atoms with Gasteiger partial charge >= 0.3 is 0 Å². The summed E-state index contributed by atoms with van der Waals surface area (Å²) in [6, 6.07) is 14.6. The number of hydrogen-bond donors (Lipinski definition) is 0. The van der Waals surface area contributed by atoms with Gasteiger partial charge in [-0.1, -0.05) is 35.9 Å². The number of anilines is 1. The molecule has 3 nitrogen and oxygen atoms in total. The number of fused-ring (bicyclic) bond motifs is 1. The van der Waals surface area contributed by atoms with Crippen LogP contribution < -0.4 is 4.31 Å². The quantitative estimate of drug-likeness (QED) is 0.851. The van der Waals surface area contributed by atoms with E-state index in [1.165, 1.54) is 5.56 Å². The zero-order valence-corrected chi connectivity index (χ0v) is 12.2. The molecule has 2 aromatic carbocycles. The molecule has 2 aromatic rings. The highest BCUT2D eigenvalue weighted by atomic mass is 32.2. The Morgan fingerprint density at radius 1 is 1.05 bits per heavy atom. The summed E-state index contributed by atoms with van der Waals surface area (Å²) in [7, 11) is -3.45. The maximum Gasteiger partial charge on any atom is 0.264 e. The average Bonchev–Trinajstić information content (AvgIpc) is 2.47. The van der Waals surface area contributed by atoms with Crippen molar-refractivity contribution in [3.63, 3.8) is 0 Å². The van der Waals surface area contributed by atoms with Crippen molar-refractivity contribution >= 4 is 15.7 Å². The Bertz CT molecular complexity index is 723. The minimum atomic E-state index is -3.45. The molecule has 0 N–H and O–H groups in total. The van der Waals surface area contributed by atoms with E-state index in [1.807, 2.05) is 25.1 Å². The van der Waals surface area contributed by atoms with Crippen LogP contribution in [-0.2, 0) is 16.4 Å². The molecule has 0 saturated heterocycles. The molecule has 0 amide bonds. The van der Waals surface area contributed by atoms with Crippen LogP contribution in [0, 0.1) is 6.92 Å². The SMILES string of the molecule is Cc1ccc2c(c1)CCCN2S(=O)(=O)c1ccccc1. The van der Waals surface area contributed by atoms with Gasteiger partial charge in [-0.25, -0.2) is 8.42 Å². The van der Waals surface area contributed by atoms with Crippen LogP contribution in [-0.4, -0.2) is 15.0 Å². The molecule has 0 fully saturated rings. The van der Waals surface area contributed by atoms with Crippen molar-refractivity contribution in [1.82, 2.24) is 0 Å². The normalized spacial score (nSPS) is 14.9. The zero-order valence-electron chi connectivity index (χ0n) is 11.4. The lowest BCUT2D eigenvalue weighted by atomic mass is 10.0. The summed E-state index contributed by atoms with van der Waals surface area (Å²) in [5, 5.41) is 0. The fourth-order valence-corrected chi connectivity index (χ4v) is 4.22. The fourth-order valence-electron chi connectivity index (χ4n) is 2.66. The van der Waals surface area contributed by atoms with Crippen LogP contribution in [0.2, 0.25) is 0 Å². The number of benzene rings is 2. The third-order valence-electron chi connectivity index (χ3n) is 3.64. The summed E-state index contributed by atoms with van der Waals surface area (Å²) in [6.07, 6.45) is 1.81. The van der Waals surface area contributed by atoms with Crippen molar-refractivity contribution in [1.29, 1.82) is 0 Å². The summed E-state index contributed by atoms with van der Waals surface area (Å²) in [5.41, 5.74) is 3.11. The summed E-state index contributed by atoms with van der Waals surface area (Å²) in [4.78, 5) is 0.355. The highest BCUT2D eigenvalue weighted by molar-refractivity contribution is 7.92. The van der Waals surface area contributed by atoms with E-state index in [0.29, 0.717) is 11.4 Å². The Balaban J connectivity index is 2.09. The van der Waals surface area contributed by atoms with Gasteiger partial charge in [0, 0.05) is 6.54 Å². The van der Waals surface area contributed by atoms with Crippen LogP contribution in [0.4, 0.5) is 5.69 Å². The summed E-state index contributed by atoms with van der Waals surface area (Å²) >= 11 is 0. The monoisotopic (exact) mass is 287 g/mol. The van der Waals surface area contributed by atoms with Crippen molar-refractivity contribution in [2.45, 2.75) is 24.7 Å². The molecule has 0 saturated carbocycles. The van der Waals surface area contributed by atoms with E-state index < -0.39 is 10.0 Å². The molecule has 1 aliphatic heterocycles. The van der Waals surface area contributed by atoms with Gasteiger partial charge in [-0.05, 0) is 43.5 Å². The van der Waals surface area contributed by atoms with Crippen LogP contribution >= 0.6 is 0 Å². The van der Waals surface area contributed by atoms with Gasteiger partial charge < -0.3 is 0 Å². The van der Waals surface area contributed by atoms with E-state index in [4.69, 9.17) is 0 Å². The predicted octanol–water partition coefficient (Wildman–Crippen LogP) is 3.14. The first-order valence-corrected chi connectivity index (χ1v) is 8.20. The lowest BCUT2D eigenvalue weighted by molar-refractivity contribution is 0.586. The average molecular weight is 287 g/mol. The molecule has 0 atom stereocenters. The van der Waals surface area contributed by atoms with Gasteiger partial charge in [0.1, 0.15) is 0 Å². The van der Waals surface area contributed by atoms with Gasteiger partial charge in [-0.2, -0.15) is 0 Å². The summed E-state index contributed by atoms with van der Waals surface area (Å²) in [6.45, 7) is 2.58. The Kier molecular flexibility index (Phi) is 3.26. The molecule has 1 aliphatic rings. The number of sulfonamides is 1. The molecular weight excluding hydrogens is 270 g/mol. The van der Waals surface area contributed by atoms with Crippen LogP contribution in [0.25, 0.3) is 0 Å². The molecule has 0 radical (unpaired) electrons. The van der Waals surface area contributed by atoms with E-state index >= 15 is 0 Å². The van der Waals surface area contributed by atoms with Crippen molar-refractivity contribution in [2.75, 3.05) is 10.8 Å². The van der Waals surface area contributed by atoms with Crippen LogP contribution in [0.3, 0.4) is 0 Å². The Hall–Kier alpha value is -1.81. The molecule has 0 unspecified atom stereocenters. The maximum absolute atomic E-state index is 12.8. The van der Waals surface area contributed by atoms with Gasteiger partial charge in [0.15, 0.2) is 0 Å². The smallest absolute Gasteiger partial charge is 0.264 e. The van der Waals surface area contributed by atoms with E-state index in [-0.39, 0.29) is 0 Å². The van der Waals surface area contributed by atoms with E-state index in [1.54, 1.807) is 28.6 Å². The van der Waals surface area contributed by atoms with E-state index in [2.05, 4.69) is 6.07 Å². The first-order chi connectivity index (χ1) is 9.59. The first kappa shape index (κ1) is 13.2. The third kappa shape index (κ3) is 2.20. The van der Waals surface area contributed by atoms with Crippen LogP contribution in [0.15, 0.2) is 53.4 Å². The number of hydrogen-bond acceptors (Lipinski definition) is 2. The van der Waals surface area contributed by atoms with Crippen molar-refractivity contribution in [3.8, 4) is 0 Å². The number of nitrogens with zero attached hydrogens (tertiary/aromatic N) is 1. The van der Waals surface area contributed by atoms with Gasteiger partial charge in [0.2, 0.25) is 0 Å². The van der Waals surface area contributed by atoms with Gasteiger partial charge in [-0.3, -0.25) is 4.31 Å². The van der Waals surface area contributed by atoms with Gasteiger partial charge in [0.25, 0.3) is 10.0 Å². The van der Waals surface area contributed by atoms with Crippen LogP contribution in [0.5, 0.6) is 0 Å². The minimum Gasteiger partial charge on any atom is -0.266 e. The molecular formula is C16H17NO2S. The van der Waals surface area contributed by atoms with Crippen LogP contribution in [0.1, 0.15) is 17.5 Å². The lowest BCUT2D eigenvalue weighted by Crippen LogP contribution is -2.35. The topological polar surface area (TPSA) is 37.4 Å². The van der Waals surface area contributed by atoms with E-state index in [0.717, 1.165) is 24.1 Å². The summed E-state index contributed by atoms with van der Waals surface area (Å²) in [5.74, 6) is 0. The molecule has 0 spiro atoms. The maximum atomic E-state index is 12.8.